The van der Waals surface area contributed by atoms with Gasteiger partial charge in [-0.15, -0.1) is 0 Å². The monoisotopic (exact) mass is 383 g/mol. The standard InChI is InChI=1S/C22H33N5O/c1-22(2,3)19-7-8-21(28)27(24-19)15-17-9-12-25(13-10-17)16-20-23-14-18-6-4-5-11-26(18)20/h7-8,14,17H,4-6,9-13,15-16H2,1-3H3. The van der Waals surface area contributed by atoms with Crippen molar-refractivity contribution in [2.24, 2.45) is 5.92 Å². The van der Waals surface area contributed by atoms with Crippen molar-refractivity contribution in [3.63, 3.8) is 0 Å². The Balaban J connectivity index is 1.35. The molecule has 28 heavy (non-hydrogen) atoms. The van der Waals surface area contributed by atoms with E-state index in [9.17, 15) is 4.79 Å². The molecule has 4 heterocycles. The average molecular weight is 384 g/mol. The molecule has 0 atom stereocenters. The highest BCUT2D eigenvalue weighted by Crippen LogP contribution is 2.23. The van der Waals surface area contributed by atoms with Gasteiger partial charge in [0.05, 0.1) is 12.2 Å². The molecule has 0 aliphatic carbocycles. The van der Waals surface area contributed by atoms with E-state index >= 15 is 0 Å². The number of piperidine rings is 1. The average Bonchev–Trinajstić information content (AvgIpc) is 3.07. The number of fused-ring (bicyclic) bond motifs is 1. The lowest BCUT2D eigenvalue weighted by Gasteiger charge is -2.32. The van der Waals surface area contributed by atoms with Crippen molar-refractivity contribution < 1.29 is 0 Å². The van der Waals surface area contributed by atoms with Crippen LogP contribution in [0.25, 0.3) is 0 Å². The molecular formula is C22H33N5O. The predicted molar refractivity (Wildman–Crippen MR) is 110 cm³/mol. The zero-order valence-corrected chi connectivity index (χ0v) is 17.5. The van der Waals surface area contributed by atoms with Crippen LogP contribution in [-0.2, 0) is 31.5 Å². The Morgan fingerprint density at radius 2 is 1.89 bits per heavy atom. The fourth-order valence-electron chi connectivity index (χ4n) is 4.38. The van der Waals surface area contributed by atoms with Crippen LogP contribution < -0.4 is 5.56 Å². The van der Waals surface area contributed by atoms with E-state index in [0.29, 0.717) is 5.92 Å². The first-order valence-electron chi connectivity index (χ1n) is 10.7. The van der Waals surface area contributed by atoms with E-state index in [4.69, 9.17) is 0 Å². The fourth-order valence-corrected chi connectivity index (χ4v) is 4.38. The summed E-state index contributed by atoms with van der Waals surface area (Å²) < 4.78 is 4.11. The quantitative estimate of drug-likeness (QED) is 0.814. The summed E-state index contributed by atoms with van der Waals surface area (Å²) in [5.41, 5.74) is 2.36. The SMILES string of the molecule is CC(C)(C)c1ccc(=O)n(CC2CCN(Cc3ncc4n3CCCC4)CC2)n1. The molecule has 0 unspecified atom stereocenters. The van der Waals surface area contributed by atoms with Gasteiger partial charge in [0, 0.05) is 36.5 Å². The summed E-state index contributed by atoms with van der Waals surface area (Å²) in [6, 6.07) is 3.54. The highest BCUT2D eigenvalue weighted by atomic mass is 16.1. The van der Waals surface area contributed by atoms with Crippen molar-refractivity contribution in [1.82, 2.24) is 24.2 Å². The summed E-state index contributed by atoms with van der Waals surface area (Å²) in [6.45, 7) is 11.4. The lowest BCUT2D eigenvalue weighted by atomic mass is 9.92. The van der Waals surface area contributed by atoms with Gasteiger partial charge in [-0.2, -0.15) is 5.10 Å². The van der Waals surface area contributed by atoms with Crippen LogP contribution in [-0.4, -0.2) is 37.3 Å². The van der Waals surface area contributed by atoms with E-state index < -0.39 is 0 Å². The second-order valence-corrected chi connectivity index (χ2v) is 9.48. The van der Waals surface area contributed by atoms with Gasteiger partial charge in [0.25, 0.3) is 5.56 Å². The first-order valence-corrected chi connectivity index (χ1v) is 10.7. The number of hydrogen-bond acceptors (Lipinski definition) is 4. The molecule has 6 nitrogen and oxygen atoms in total. The van der Waals surface area contributed by atoms with Crippen LogP contribution >= 0.6 is 0 Å². The Hall–Kier alpha value is -1.95. The lowest BCUT2D eigenvalue weighted by molar-refractivity contribution is 0.158. The van der Waals surface area contributed by atoms with E-state index in [1.165, 1.54) is 30.8 Å². The van der Waals surface area contributed by atoms with E-state index in [2.05, 4.69) is 46.5 Å². The molecule has 2 aromatic rings. The van der Waals surface area contributed by atoms with Crippen LogP contribution in [0.2, 0.25) is 0 Å². The summed E-state index contributed by atoms with van der Waals surface area (Å²) in [5.74, 6) is 1.75. The van der Waals surface area contributed by atoms with Gasteiger partial charge in [-0.3, -0.25) is 9.69 Å². The molecule has 0 amide bonds. The van der Waals surface area contributed by atoms with Crippen LogP contribution in [0.5, 0.6) is 0 Å². The highest BCUT2D eigenvalue weighted by Gasteiger charge is 2.23. The van der Waals surface area contributed by atoms with Crippen LogP contribution in [0.4, 0.5) is 0 Å². The minimum atomic E-state index is -0.0395. The van der Waals surface area contributed by atoms with Gasteiger partial charge < -0.3 is 4.57 Å². The van der Waals surface area contributed by atoms with Crippen molar-refractivity contribution in [3.05, 3.63) is 45.9 Å². The third kappa shape index (κ3) is 4.22. The summed E-state index contributed by atoms with van der Waals surface area (Å²) in [6.07, 6.45) is 8.03. The first-order chi connectivity index (χ1) is 13.4. The van der Waals surface area contributed by atoms with E-state index in [-0.39, 0.29) is 11.0 Å². The molecule has 152 valence electrons. The topological polar surface area (TPSA) is 56.0 Å². The molecule has 1 saturated heterocycles. The molecule has 6 heteroatoms. The number of rotatable bonds is 4. The predicted octanol–water partition coefficient (Wildman–Crippen LogP) is 2.99. The number of likely N-dealkylation sites (tertiary alicyclic amines) is 1. The molecular weight excluding hydrogens is 350 g/mol. The van der Waals surface area contributed by atoms with E-state index in [0.717, 1.165) is 51.3 Å². The summed E-state index contributed by atoms with van der Waals surface area (Å²) in [4.78, 5) is 19.5. The van der Waals surface area contributed by atoms with Gasteiger partial charge in [0.2, 0.25) is 0 Å². The Bertz CT molecular complexity index is 868. The molecule has 2 aromatic heterocycles. The second kappa shape index (κ2) is 7.82. The maximum atomic E-state index is 12.3. The molecule has 0 spiro atoms. The Morgan fingerprint density at radius 3 is 2.64 bits per heavy atom. The van der Waals surface area contributed by atoms with Crippen molar-refractivity contribution in [2.45, 2.75) is 77.9 Å². The Kier molecular flexibility index (Phi) is 5.41. The second-order valence-electron chi connectivity index (χ2n) is 9.48. The third-order valence-corrected chi connectivity index (χ3v) is 6.22. The third-order valence-electron chi connectivity index (χ3n) is 6.22. The number of imidazole rings is 1. The molecule has 0 saturated carbocycles. The van der Waals surface area contributed by atoms with Crippen LogP contribution in [0.3, 0.4) is 0 Å². The molecule has 1 fully saturated rings. The Labute approximate surface area is 167 Å². The Morgan fingerprint density at radius 1 is 1.11 bits per heavy atom. The normalized spacial score (nSPS) is 19.0. The van der Waals surface area contributed by atoms with E-state index in [1.807, 2.05) is 6.07 Å². The number of nitrogens with zero attached hydrogens (tertiary/aromatic N) is 5. The minimum Gasteiger partial charge on any atom is -0.331 e. The van der Waals surface area contributed by atoms with E-state index in [1.54, 1.807) is 10.7 Å². The van der Waals surface area contributed by atoms with Crippen molar-refractivity contribution in [1.29, 1.82) is 0 Å². The molecule has 2 aliphatic heterocycles. The van der Waals surface area contributed by atoms with Crippen LogP contribution in [0.1, 0.15) is 63.7 Å². The maximum Gasteiger partial charge on any atom is 0.266 e. The highest BCUT2D eigenvalue weighted by molar-refractivity contribution is 5.11. The number of aromatic nitrogens is 4. The number of aryl methyl sites for hydroxylation is 1. The summed E-state index contributed by atoms with van der Waals surface area (Å²) in [7, 11) is 0. The molecule has 0 bridgehead atoms. The van der Waals surface area contributed by atoms with Crippen molar-refractivity contribution in [3.8, 4) is 0 Å². The largest absolute Gasteiger partial charge is 0.331 e. The minimum absolute atomic E-state index is 0.0134. The van der Waals surface area contributed by atoms with Crippen molar-refractivity contribution in [2.75, 3.05) is 13.1 Å². The summed E-state index contributed by atoms with van der Waals surface area (Å²) in [5, 5.41) is 4.64. The molecule has 0 radical (unpaired) electrons. The van der Waals surface area contributed by atoms with Gasteiger partial charge >= 0.3 is 0 Å². The maximum absolute atomic E-state index is 12.3. The van der Waals surface area contributed by atoms with Crippen LogP contribution in [0.15, 0.2) is 23.1 Å². The zero-order chi connectivity index (χ0) is 19.7. The van der Waals surface area contributed by atoms with Gasteiger partial charge in [-0.1, -0.05) is 20.8 Å². The summed E-state index contributed by atoms with van der Waals surface area (Å²) >= 11 is 0. The molecule has 2 aliphatic rings. The lowest BCUT2D eigenvalue weighted by Crippen LogP contribution is -2.37. The molecule has 0 N–H and O–H groups in total. The molecule has 0 aromatic carbocycles. The first kappa shape index (κ1) is 19.4. The van der Waals surface area contributed by atoms with Crippen LogP contribution in [0, 0.1) is 5.92 Å². The van der Waals surface area contributed by atoms with Crippen molar-refractivity contribution >= 4 is 0 Å². The fraction of sp³-hybridized carbons (Fsp3) is 0.682. The van der Waals surface area contributed by atoms with Gasteiger partial charge in [0.1, 0.15) is 5.82 Å². The van der Waals surface area contributed by atoms with Gasteiger partial charge in [0.15, 0.2) is 0 Å². The van der Waals surface area contributed by atoms with Gasteiger partial charge in [-0.05, 0) is 57.2 Å². The smallest absolute Gasteiger partial charge is 0.266 e. The van der Waals surface area contributed by atoms with Gasteiger partial charge in [-0.25, -0.2) is 9.67 Å². The zero-order valence-electron chi connectivity index (χ0n) is 17.5. The number of hydrogen-bond donors (Lipinski definition) is 0. The molecule has 4 rings (SSSR count).